The third-order valence-corrected chi connectivity index (χ3v) is 4.17. The standard InChI is InChI=1S/C13H19ClFNO3S/c1-13(2,3)9(8-20(16,17)18)7-19-12-10(14)5-4-6-11(12)15/h4-6,9H,7-8H2,1-3H3,(H2,16,17,18). The van der Waals surface area contributed by atoms with E-state index < -0.39 is 15.8 Å². The highest BCUT2D eigenvalue weighted by atomic mass is 35.5. The van der Waals surface area contributed by atoms with Gasteiger partial charge in [-0.15, -0.1) is 0 Å². The normalized spacial score (nSPS) is 14.1. The third-order valence-electron chi connectivity index (χ3n) is 3.01. The number of nitrogens with two attached hydrogens (primary N) is 1. The van der Waals surface area contributed by atoms with Crippen LogP contribution in [0.5, 0.6) is 5.75 Å². The molecule has 4 nitrogen and oxygen atoms in total. The van der Waals surface area contributed by atoms with Crippen LogP contribution in [0.4, 0.5) is 4.39 Å². The molecular formula is C13H19ClFNO3S. The largest absolute Gasteiger partial charge is 0.489 e. The molecule has 0 amide bonds. The summed E-state index contributed by atoms with van der Waals surface area (Å²) in [4.78, 5) is 0. The highest BCUT2D eigenvalue weighted by molar-refractivity contribution is 7.89. The molecule has 0 heterocycles. The number of rotatable bonds is 5. The van der Waals surface area contributed by atoms with Crippen molar-refractivity contribution in [1.82, 2.24) is 0 Å². The Morgan fingerprint density at radius 1 is 1.40 bits per heavy atom. The van der Waals surface area contributed by atoms with Gasteiger partial charge in [-0.25, -0.2) is 17.9 Å². The van der Waals surface area contributed by atoms with Crippen LogP contribution in [0.15, 0.2) is 18.2 Å². The van der Waals surface area contributed by atoms with Crippen LogP contribution in [0.1, 0.15) is 20.8 Å². The van der Waals surface area contributed by atoms with E-state index in [1.165, 1.54) is 18.2 Å². The van der Waals surface area contributed by atoms with Crippen LogP contribution in [0.2, 0.25) is 5.02 Å². The first-order valence-electron chi connectivity index (χ1n) is 6.08. The van der Waals surface area contributed by atoms with E-state index in [-0.39, 0.29) is 34.5 Å². The first-order valence-corrected chi connectivity index (χ1v) is 8.17. The van der Waals surface area contributed by atoms with E-state index in [1.54, 1.807) is 0 Å². The summed E-state index contributed by atoms with van der Waals surface area (Å²) in [5.74, 6) is -1.27. The second-order valence-electron chi connectivity index (χ2n) is 5.75. The van der Waals surface area contributed by atoms with Crippen LogP contribution >= 0.6 is 11.6 Å². The predicted molar refractivity (Wildman–Crippen MR) is 77.8 cm³/mol. The Kier molecular flexibility index (Phi) is 5.40. The highest BCUT2D eigenvalue weighted by Crippen LogP contribution is 2.31. The van der Waals surface area contributed by atoms with E-state index >= 15 is 0 Å². The Hall–Kier alpha value is -0.850. The fourth-order valence-electron chi connectivity index (χ4n) is 1.63. The van der Waals surface area contributed by atoms with Crippen molar-refractivity contribution < 1.29 is 17.5 Å². The lowest BCUT2D eigenvalue weighted by Gasteiger charge is -2.30. The third kappa shape index (κ3) is 5.26. The second-order valence-corrected chi connectivity index (χ2v) is 7.82. The van der Waals surface area contributed by atoms with Gasteiger partial charge < -0.3 is 4.74 Å². The summed E-state index contributed by atoms with van der Waals surface area (Å²) in [6.45, 7) is 5.63. The summed E-state index contributed by atoms with van der Waals surface area (Å²) >= 11 is 5.85. The SMILES string of the molecule is CC(C)(C)C(COc1c(F)cccc1Cl)CS(N)(=O)=O. The molecule has 0 aliphatic heterocycles. The number of halogens is 2. The van der Waals surface area contributed by atoms with Crippen molar-refractivity contribution in [3.63, 3.8) is 0 Å². The Morgan fingerprint density at radius 3 is 2.45 bits per heavy atom. The van der Waals surface area contributed by atoms with E-state index in [2.05, 4.69) is 0 Å². The maximum atomic E-state index is 13.6. The van der Waals surface area contributed by atoms with Crippen molar-refractivity contribution in [2.24, 2.45) is 16.5 Å². The van der Waals surface area contributed by atoms with Crippen molar-refractivity contribution in [2.45, 2.75) is 20.8 Å². The van der Waals surface area contributed by atoms with Crippen molar-refractivity contribution >= 4 is 21.6 Å². The summed E-state index contributed by atoms with van der Waals surface area (Å²) in [6, 6.07) is 4.20. The number of ether oxygens (including phenoxy) is 1. The minimum absolute atomic E-state index is 0.0145. The van der Waals surface area contributed by atoms with E-state index in [9.17, 15) is 12.8 Å². The Bertz CT molecular complexity index is 549. The first kappa shape index (κ1) is 17.2. The van der Waals surface area contributed by atoms with E-state index in [0.717, 1.165) is 0 Å². The van der Waals surface area contributed by atoms with Gasteiger partial charge in [0, 0.05) is 5.92 Å². The number of benzene rings is 1. The highest BCUT2D eigenvalue weighted by Gasteiger charge is 2.29. The second kappa shape index (κ2) is 6.28. The van der Waals surface area contributed by atoms with E-state index in [1.807, 2.05) is 20.8 Å². The molecule has 1 aromatic rings. The fraction of sp³-hybridized carbons (Fsp3) is 0.538. The molecule has 0 saturated heterocycles. The Morgan fingerprint density at radius 2 is 2.00 bits per heavy atom. The van der Waals surface area contributed by atoms with Gasteiger partial charge in [0.15, 0.2) is 11.6 Å². The number of hydrogen-bond acceptors (Lipinski definition) is 3. The summed E-state index contributed by atoms with van der Waals surface area (Å²) in [5, 5.41) is 5.22. The van der Waals surface area contributed by atoms with Gasteiger partial charge in [0.1, 0.15) is 0 Å². The fourth-order valence-corrected chi connectivity index (χ4v) is 3.01. The lowest BCUT2D eigenvalue weighted by atomic mass is 9.82. The number of hydrogen-bond donors (Lipinski definition) is 1. The molecule has 114 valence electrons. The zero-order chi connectivity index (χ0) is 15.6. The predicted octanol–water partition coefficient (Wildman–Crippen LogP) is 2.81. The molecule has 0 aliphatic carbocycles. The van der Waals surface area contributed by atoms with Crippen LogP contribution in [0, 0.1) is 17.2 Å². The van der Waals surface area contributed by atoms with E-state index in [4.69, 9.17) is 21.5 Å². The van der Waals surface area contributed by atoms with Crippen LogP contribution in [-0.4, -0.2) is 20.8 Å². The molecule has 7 heteroatoms. The summed E-state index contributed by atoms with van der Waals surface area (Å²) in [7, 11) is -3.64. The molecule has 1 unspecified atom stereocenters. The van der Waals surface area contributed by atoms with Crippen molar-refractivity contribution in [1.29, 1.82) is 0 Å². The molecule has 2 N–H and O–H groups in total. The molecule has 0 aromatic heterocycles. The van der Waals surface area contributed by atoms with Gasteiger partial charge in [0.05, 0.1) is 17.4 Å². The summed E-state index contributed by atoms with van der Waals surface area (Å²) < 4.78 is 41.5. The number of para-hydroxylation sites is 1. The van der Waals surface area contributed by atoms with Crippen LogP contribution in [0.25, 0.3) is 0 Å². The summed E-state index contributed by atoms with van der Waals surface area (Å²) in [6.07, 6.45) is 0. The molecule has 0 spiro atoms. The van der Waals surface area contributed by atoms with E-state index in [0.29, 0.717) is 0 Å². The zero-order valence-corrected chi connectivity index (χ0v) is 13.3. The molecule has 0 bridgehead atoms. The zero-order valence-electron chi connectivity index (χ0n) is 11.7. The van der Waals surface area contributed by atoms with Gasteiger partial charge in [-0.3, -0.25) is 0 Å². The molecule has 0 aliphatic rings. The first-order chi connectivity index (χ1) is 9.00. The molecule has 1 aromatic carbocycles. The van der Waals surface area contributed by atoms with Gasteiger partial charge in [0.25, 0.3) is 0 Å². The average molecular weight is 324 g/mol. The van der Waals surface area contributed by atoms with Gasteiger partial charge in [0.2, 0.25) is 10.0 Å². The Balaban J connectivity index is 2.87. The quantitative estimate of drug-likeness (QED) is 0.905. The smallest absolute Gasteiger partial charge is 0.209 e. The lowest BCUT2D eigenvalue weighted by molar-refractivity contribution is 0.159. The monoisotopic (exact) mass is 323 g/mol. The van der Waals surface area contributed by atoms with Crippen molar-refractivity contribution in [2.75, 3.05) is 12.4 Å². The lowest BCUT2D eigenvalue weighted by Crippen LogP contribution is -2.35. The van der Waals surface area contributed by atoms with Crippen molar-refractivity contribution in [3.8, 4) is 5.75 Å². The molecule has 0 fully saturated rings. The minimum atomic E-state index is -3.64. The molecular weight excluding hydrogens is 305 g/mol. The van der Waals surface area contributed by atoms with Crippen LogP contribution in [-0.2, 0) is 10.0 Å². The van der Waals surface area contributed by atoms with Crippen molar-refractivity contribution in [3.05, 3.63) is 29.0 Å². The van der Waals surface area contributed by atoms with Gasteiger partial charge in [-0.1, -0.05) is 38.4 Å². The molecule has 1 atom stereocenters. The minimum Gasteiger partial charge on any atom is -0.489 e. The number of primary sulfonamides is 1. The van der Waals surface area contributed by atoms with Crippen LogP contribution < -0.4 is 9.88 Å². The molecule has 0 saturated carbocycles. The molecule has 0 radical (unpaired) electrons. The van der Waals surface area contributed by atoms with Gasteiger partial charge in [-0.05, 0) is 17.5 Å². The summed E-state index contributed by atoms with van der Waals surface area (Å²) in [5.41, 5.74) is -0.357. The van der Waals surface area contributed by atoms with Gasteiger partial charge in [-0.2, -0.15) is 0 Å². The number of sulfonamides is 1. The topological polar surface area (TPSA) is 69.4 Å². The molecule has 1 rings (SSSR count). The van der Waals surface area contributed by atoms with Gasteiger partial charge >= 0.3 is 0 Å². The van der Waals surface area contributed by atoms with Crippen LogP contribution in [0.3, 0.4) is 0 Å². The Labute approximate surface area is 124 Å². The average Bonchev–Trinajstić information content (AvgIpc) is 2.23. The maximum Gasteiger partial charge on any atom is 0.209 e. The molecule has 20 heavy (non-hydrogen) atoms. The maximum absolute atomic E-state index is 13.6.